The number of amides is 2. The van der Waals surface area contributed by atoms with Crippen LogP contribution < -0.4 is 21.9 Å². The zero-order chi connectivity index (χ0) is 24.3. The number of aliphatic hydroxyl groups excluding tert-OH is 1. The van der Waals surface area contributed by atoms with Crippen molar-refractivity contribution in [1.82, 2.24) is 20.2 Å². The fourth-order valence-electron chi connectivity index (χ4n) is 3.58. The first-order chi connectivity index (χ1) is 16.4. The molecule has 0 radical (unpaired) electrons. The second-order valence-electron chi connectivity index (χ2n) is 8.05. The van der Waals surface area contributed by atoms with Crippen LogP contribution in [0.15, 0.2) is 52.2 Å². The molecule has 4 N–H and O–H groups in total. The summed E-state index contributed by atoms with van der Waals surface area (Å²) in [6.45, 7) is 0.793. The van der Waals surface area contributed by atoms with Crippen molar-refractivity contribution < 1.29 is 24.2 Å². The molecule has 11 heteroatoms. The lowest BCUT2D eigenvalue weighted by atomic mass is 10.1. The Morgan fingerprint density at radius 3 is 2.68 bits per heavy atom. The number of nitrogens with zero attached hydrogens (tertiary/aromatic N) is 1. The summed E-state index contributed by atoms with van der Waals surface area (Å²) < 4.78 is 12.0. The van der Waals surface area contributed by atoms with Gasteiger partial charge in [-0.15, -0.1) is 0 Å². The summed E-state index contributed by atoms with van der Waals surface area (Å²) >= 11 is 0. The first-order valence-corrected chi connectivity index (χ1v) is 11.3. The van der Waals surface area contributed by atoms with E-state index in [2.05, 4.69) is 15.6 Å². The van der Waals surface area contributed by atoms with Crippen molar-refractivity contribution in [2.24, 2.45) is 0 Å². The van der Waals surface area contributed by atoms with Gasteiger partial charge in [-0.05, 0) is 18.4 Å². The van der Waals surface area contributed by atoms with Gasteiger partial charge in [-0.25, -0.2) is 9.59 Å². The number of alkyl carbamates (subject to hydrolysis) is 1. The van der Waals surface area contributed by atoms with Crippen LogP contribution in [-0.4, -0.2) is 52.0 Å². The maximum absolute atomic E-state index is 12.1. The Morgan fingerprint density at radius 2 is 1.91 bits per heavy atom. The Kier molecular flexibility index (Phi) is 9.41. The van der Waals surface area contributed by atoms with Gasteiger partial charge in [0, 0.05) is 38.2 Å². The number of nitrogens with one attached hydrogen (secondary N) is 3. The molecule has 0 unspecified atom stereocenters. The third-order valence-electron chi connectivity index (χ3n) is 5.43. The maximum atomic E-state index is 12.1. The molecule has 0 saturated carbocycles. The number of rotatable bonds is 11. The number of carbonyl (C=O) groups excluding carboxylic acids is 2. The van der Waals surface area contributed by atoms with Gasteiger partial charge in [0.2, 0.25) is 5.91 Å². The molecule has 1 aromatic carbocycles. The third-order valence-corrected chi connectivity index (χ3v) is 5.43. The fourth-order valence-corrected chi connectivity index (χ4v) is 3.58. The molecule has 2 aromatic rings. The SMILES string of the molecule is O=C(CCCCCNC(=O)OCc1ccccc1)NC[C@H]1O[C@@H](n2ccc(=O)[nH]c2=O)C[C@@H]1O. The van der Waals surface area contributed by atoms with Crippen LogP contribution in [0.4, 0.5) is 4.79 Å². The minimum absolute atomic E-state index is 0.114. The van der Waals surface area contributed by atoms with Gasteiger partial charge in [-0.3, -0.25) is 19.1 Å². The topological polar surface area (TPSA) is 152 Å². The van der Waals surface area contributed by atoms with Crippen molar-refractivity contribution in [3.8, 4) is 0 Å². The van der Waals surface area contributed by atoms with E-state index < -0.39 is 35.8 Å². The van der Waals surface area contributed by atoms with Crippen molar-refractivity contribution >= 4 is 12.0 Å². The van der Waals surface area contributed by atoms with Gasteiger partial charge in [0.1, 0.15) is 18.9 Å². The number of aromatic amines is 1. The van der Waals surface area contributed by atoms with E-state index in [9.17, 15) is 24.3 Å². The van der Waals surface area contributed by atoms with Crippen LogP contribution in [0.25, 0.3) is 0 Å². The number of hydrogen-bond acceptors (Lipinski definition) is 7. The molecule has 1 saturated heterocycles. The number of hydrogen-bond donors (Lipinski definition) is 4. The zero-order valence-electron chi connectivity index (χ0n) is 18.8. The van der Waals surface area contributed by atoms with E-state index in [-0.39, 0.29) is 25.5 Å². The van der Waals surface area contributed by atoms with Crippen LogP contribution in [0.2, 0.25) is 0 Å². The van der Waals surface area contributed by atoms with Gasteiger partial charge < -0.3 is 25.2 Å². The van der Waals surface area contributed by atoms with Crippen LogP contribution in [0.3, 0.4) is 0 Å². The summed E-state index contributed by atoms with van der Waals surface area (Å²) in [5, 5.41) is 15.6. The van der Waals surface area contributed by atoms with Crippen molar-refractivity contribution in [3.05, 3.63) is 69.0 Å². The predicted molar refractivity (Wildman–Crippen MR) is 122 cm³/mol. The molecule has 184 valence electrons. The Morgan fingerprint density at radius 1 is 1.12 bits per heavy atom. The van der Waals surface area contributed by atoms with Gasteiger partial charge in [0.15, 0.2) is 0 Å². The van der Waals surface area contributed by atoms with Crippen molar-refractivity contribution in [2.75, 3.05) is 13.1 Å². The van der Waals surface area contributed by atoms with Gasteiger partial charge in [-0.1, -0.05) is 36.8 Å². The lowest BCUT2D eigenvalue weighted by Crippen LogP contribution is -2.37. The Hall–Kier alpha value is -3.44. The molecule has 1 aliphatic heterocycles. The highest BCUT2D eigenvalue weighted by atomic mass is 16.5. The summed E-state index contributed by atoms with van der Waals surface area (Å²) in [6, 6.07) is 10.6. The van der Waals surface area contributed by atoms with Gasteiger partial charge >= 0.3 is 11.8 Å². The number of H-pyrrole nitrogens is 1. The summed E-state index contributed by atoms with van der Waals surface area (Å²) in [5.74, 6) is -0.171. The zero-order valence-corrected chi connectivity index (χ0v) is 18.8. The molecule has 2 heterocycles. The quantitative estimate of drug-likeness (QED) is 0.351. The number of unbranched alkanes of at least 4 members (excludes halogenated alkanes) is 2. The van der Waals surface area contributed by atoms with Crippen LogP contribution in [0.1, 0.15) is 43.9 Å². The number of aliphatic hydroxyl groups is 1. The summed E-state index contributed by atoms with van der Waals surface area (Å²) in [4.78, 5) is 49.0. The summed E-state index contributed by atoms with van der Waals surface area (Å²) in [7, 11) is 0. The highest BCUT2D eigenvalue weighted by Crippen LogP contribution is 2.27. The Bertz CT molecular complexity index is 1050. The Labute approximate surface area is 196 Å². The average molecular weight is 475 g/mol. The Balaban J connectivity index is 1.24. The molecule has 1 aliphatic rings. The van der Waals surface area contributed by atoms with Crippen molar-refractivity contribution in [1.29, 1.82) is 0 Å². The van der Waals surface area contributed by atoms with E-state index >= 15 is 0 Å². The predicted octanol–water partition coefficient (Wildman–Crippen LogP) is 0.788. The molecule has 11 nitrogen and oxygen atoms in total. The largest absolute Gasteiger partial charge is 0.445 e. The second-order valence-corrected chi connectivity index (χ2v) is 8.05. The standard InChI is InChI=1S/C23H30N4O7/c28-17-13-21(27-12-10-20(30)26-22(27)31)34-18(17)14-25-19(29)9-5-2-6-11-24-23(32)33-15-16-7-3-1-4-8-16/h1,3-4,7-8,10,12,17-18,21,28H,2,5-6,9,11,13-15H2,(H,24,32)(H,25,29)(H,26,30,31)/t17-,18+,21+/m0/s1. The van der Waals surface area contributed by atoms with Crippen LogP contribution >= 0.6 is 0 Å². The third kappa shape index (κ3) is 7.85. The lowest BCUT2D eigenvalue weighted by Gasteiger charge is -2.16. The van der Waals surface area contributed by atoms with E-state index in [4.69, 9.17) is 9.47 Å². The summed E-state index contributed by atoms with van der Waals surface area (Å²) in [5.41, 5.74) is -0.212. The number of carbonyl (C=O) groups is 2. The monoisotopic (exact) mass is 474 g/mol. The molecular formula is C23H30N4O7. The molecular weight excluding hydrogens is 444 g/mol. The minimum Gasteiger partial charge on any atom is -0.445 e. The molecule has 2 amide bonds. The number of ether oxygens (including phenoxy) is 2. The highest BCUT2D eigenvalue weighted by Gasteiger charge is 2.35. The molecule has 1 aromatic heterocycles. The van der Waals surface area contributed by atoms with E-state index in [1.165, 1.54) is 16.8 Å². The van der Waals surface area contributed by atoms with Gasteiger partial charge in [-0.2, -0.15) is 0 Å². The van der Waals surface area contributed by atoms with Gasteiger partial charge in [0.05, 0.1) is 6.10 Å². The molecule has 0 bridgehead atoms. The summed E-state index contributed by atoms with van der Waals surface area (Å²) in [6.07, 6.45) is 1.23. The molecule has 1 fully saturated rings. The van der Waals surface area contributed by atoms with Crippen LogP contribution in [0.5, 0.6) is 0 Å². The highest BCUT2D eigenvalue weighted by molar-refractivity contribution is 5.75. The second kappa shape index (κ2) is 12.7. The smallest absolute Gasteiger partial charge is 0.407 e. The van der Waals surface area contributed by atoms with E-state index in [0.29, 0.717) is 25.8 Å². The maximum Gasteiger partial charge on any atom is 0.407 e. The normalized spacial score (nSPS) is 19.5. The molecule has 0 aliphatic carbocycles. The minimum atomic E-state index is -0.850. The van der Waals surface area contributed by atoms with Crippen LogP contribution in [0, 0.1) is 0 Å². The van der Waals surface area contributed by atoms with Gasteiger partial charge in [0.25, 0.3) is 5.56 Å². The van der Waals surface area contributed by atoms with Crippen LogP contribution in [-0.2, 0) is 20.9 Å². The molecule has 0 spiro atoms. The van der Waals surface area contributed by atoms with Crippen molar-refractivity contribution in [3.63, 3.8) is 0 Å². The lowest BCUT2D eigenvalue weighted by molar-refractivity contribution is -0.122. The van der Waals surface area contributed by atoms with E-state index in [0.717, 1.165) is 12.0 Å². The first-order valence-electron chi connectivity index (χ1n) is 11.3. The fraction of sp³-hybridized carbons (Fsp3) is 0.478. The first kappa shape index (κ1) is 25.2. The molecule has 3 atom stereocenters. The van der Waals surface area contributed by atoms with Crippen molar-refractivity contribution in [2.45, 2.75) is 57.1 Å². The molecule has 3 rings (SSSR count). The van der Waals surface area contributed by atoms with E-state index in [1.807, 2.05) is 30.3 Å². The average Bonchev–Trinajstić information content (AvgIpc) is 3.19. The molecule has 34 heavy (non-hydrogen) atoms. The number of aromatic nitrogens is 2. The van der Waals surface area contributed by atoms with E-state index in [1.54, 1.807) is 0 Å². The number of benzene rings is 1.